The number of halogens is 3. The van der Waals surface area contributed by atoms with Crippen molar-refractivity contribution < 1.29 is 27.6 Å². The van der Waals surface area contributed by atoms with Gasteiger partial charge in [0.1, 0.15) is 5.84 Å². The summed E-state index contributed by atoms with van der Waals surface area (Å²) < 4.78 is 37.0. The smallest absolute Gasteiger partial charge is 0.383 e. The first-order valence-corrected chi connectivity index (χ1v) is 10.9. The number of hydrogen-bond acceptors (Lipinski definition) is 3. The SMILES string of the molecule is NC(=NC(=O)C(F)(F)F)c1ccc(NC(=O)N2CCCCC2CNC(=O)Nc2ccccc2)cc1. The molecule has 2 aromatic carbocycles. The van der Waals surface area contributed by atoms with Gasteiger partial charge in [0.05, 0.1) is 6.04 Å². The fourth-order valence-electron chi connectivity index (χ4n) is 3.54. The lowest BCUT2D eigenvalue weighted by atomic mass is 10.0. The molecule has 1 aliphatic rings. The fourth-order valence-corrected chi connectivity index (χ4v) is 3.54. The first-order valence-electron chi connectivity index (χ1n) is 10.9. The zero-order valence-corrected chi connectivity index (χ0v) is 18.6. The number of hydrogen-bond donors (Lipinski definition) is 4. The van der Waals surface area contributed by atoms with Crippen molar-refractivity contribution in [1.82, 2.24) is 10.2 Å². The molecule has 35 heavy (non-hydrogen) atoms. The van der Waals surface area contributed by atoms with Gasteiger partial charge in [-0.1, -0.05) is 18.2 Å². The number of amides is 5. The van der Waals surface area contributed by atoms with Crippen LogP contribution in [-0.2, 0) is 4.79 Å². The van der Waals surface area contributed by atoms with Crippen LogP contribution in [0.3, 0.4) is 0 Å². The summed E-state index contributed by atoms with van der Waals surface area (Å²) in [7, 11) is 0. The van der Waals surface area contributed by atoms with E-state index < -0.39 is 17.9 Å². The van der Waals surface area contributed by atoms with E-state index in [1.54, 1.807) is 29.2 Å². The third-order valence-corrected chi connectivity index (χ3v) is 5.31. The van der Waals surface area contributed by atoms with E-state index in [0.29, 0.717) is 17.9 Å². The van der Waals surface area contributed by atoms with Gasteiger partial charge in [-0.25, -0.2) is 9.59 Å². The minimum Gasteiger partial charge on any atom is -0.383 e. The summed E-state index contributed by atoms with van der Waals surface area (Å²) in [6.45, 7) is 0.779. The van der Waals surface area contributed by atoms with Crippen LogP contribution in [0.15, 0.2) is 59.6 Å². The van der Waals surface area contributed by atoms with Crippen molar-refractivity contribution in [1.29, 1.82) is 0 Å². The van der Waals surface area contributed by atoms with Gasteiger partial charge in [0, 0.05) is 30.0 Å². The van der Waals surface area contributed by atoms with E-state index in [-0.39, 0.29) is 30.2 Å². The van der Waals surface area contributed by atoms with Crippen LogP contribution in [0.1, 0.15) is 24.8 Å². The predicted octanol–water partition coefficient (Wildman–Crippen LogP) is 3.69. The van der Waals surface area contributed by atoms with Crippen LogP contribution in [0.5, 0.6) is 0 Å². The number of piperidine rings is 1. The molecule has 0 bridgehead atoms. The second-order valence-corrected chi connectivity index (χ2v) is 7.85. The summed E-state index contributed by atoms with van der Waals surface area (Å²) in [5, 5.41) is 8.25. The van der Waals surface area contributed by atoms with Crippen LogP contribution in [0, 0.1) is 0 Å². The monoisotopic (exact) mass is 490 g/mol. The minimum atomic E-state index is -5.11. The number of amidine groups is 1. The molecule has 0 radical (unpaired) electrons. The number of nitrogens with zero attached hydrogens (tertiary/aromatic N) is 2. The standard InChI is InChI=1S/C23H25F3N6O3/c24-23(25,26)20(33)31-19(27)15-9-11-17(12-10-15)30-22(35)32-13-5-4-8-18(32)14-28-21(34)29-16-6-2-1-3-7-16/h1-3,6-7,9-12,18H,4-5,8,13-14H2,(H,30,35)(H2,27,31,33)(H2,28,29,34). The molecule has 2 aromatic rings. The number of benzene rings is 2. The van der Waals surface area contributed by atoms with Crippen LogP contribution >= 0.6 is 0 Å². The topological polar surface area (TPSA) is 129 Å². The number of nitrogens with two attached hydrogens (primary N) is 1. The highest BCUT2D eigenvalue weighted by Crippen LogP contribution is 2.20. The van der Waals surface area contributed by atoms with Crippen molar-refractivity contribution in [2.75, 3.05) is 23.7 Å². The van der Waals surface area contributed by atoms with E-state index in [0.717, 1.165) is 19.3 Å². The maximum atomic E-state index is 12.9. The minimum absolute atomic E-state index is 0.102. The van der Waals surface area contributed by atoms with Gasteiger partial charge in [0.2, 0.25) is 0 Å². The molecule has 0 spiro atoms. The van der Waals surface area contributed by atoms with Crippen LogP contribution in [-0.4, -0.2) is 54.0 Å². The van der Waals surface area contributed by atoms with Crippen molar-refractivity contribution in [2.24, 2.45) is 10.7 Å². The Morgan fingerprint density at radius 3 is 2.29 bits per heavy atom. The molecular weight excluding hydrogens is 465 g/mol. The van der Waals surface area contributed by atoms with E-state index >= 15 is 0 Å². The molecule has 5 amide bonds. The number of carbonyl (C=O) groups is 3. The summed E-state index contributed by atoms with van der Waals surface area (Å²) in [6, 6.07) is 13.6. The molecule has 1 unspecified atom stereocenters. The lowest BCUT2D eigenvalue weighted by Gasteiger charge is -2.35. The molecular formula is C23H25F3N6O3. The van der Waals surface area contributed by atoms with Gasteiger partial charge in [-0.2, -0.15) is 18.2 Å². The second kappa shape index (κ2) is 11.4. The van der Waals surface area contributed by atoms with Gasteiger partial charge in [0.25, 0.3) is 0 Å². The van der Waals surface area contributed by atoms with Gasteiger partial charge in [-0.3, -0.25) is 4.79 Å². The van der Waals surface area contributed by atoms with Gasteiger partial charge in [0.15, 0.2) is 0 Å². The third-order valence-electron chi connectivity index (χ3n) is 5.31. The number of carbonyl (C=O) groups excluding carboxylic acids is 3. The van der Waals surface area contributed by atoms with E-state index in [4.69, 9.17) is 5.73 Å². The number of urea groups is 2. The molecule has 1 saturated heterocycles. The lowest BCUT2D eigenvalue weighted by Crippen LogP contribution is -2.51. The molecule has 3 rings (SSSR count). The molecule has 186 valence electrons. The lowest BCUT2D eigenvalue weighted by molar-refractivity contribution is -0.169. The van der Waals surface area contributed by atoms with Crippen LogP contribution in [0.25, 0.3) is 0 Å². The Balaban J connectivity index is 1.56. The van der Waals surface area contributed by atoms with Crippen molar-refractivity contribution in [3.63, 3.8) is 0 Å². The number of aliphatic imine (C=N–C) groups is 1. The number of likely N-dealkylation sites (tertiary alicyclic amines) is 1. The Morgan fingerprint density at radius 2 is 1.63 bits per heavy atom. The molecule has 1 heterocycles. The number of anilines is 2. The summed E-state index contributed by atoms with van der Waals surface area (Å²) in [4.78, 5) is 40.5. The Morgan fingerprint density at radius 1 is 0.971 bits per heavy atom. The predicted molar refractivity (Wildman–Crippen MR) is 125 cm³/mol. The third kappa shape index (κ3) is 7.45. The Kier molecular flexibility index (Phi) is 8.29. The maximum absolute atomic E-state index is 12.9. The van der Waals surface area contributed by atoms with Gasteiger partial charge in [-0.15, -0.1) is 0 Å². The fraction of sp³-hybridized carbons (Fsp3) is 0.304. The maximum Gasteiger partial charge on any atom is 0.473 e. The van der Waals surface area contributed by atoms with Gasteiger partial charge >= 0.3 is 24.1 Å². The first kappa shape index (κ1) is 25.5. The average Bonchev–Trinajstić information content (AvgIpc) is 2.83. The van der Waals surface area contributed by atoms with Crippen LogP contribution in [0.2, 0.25) is 0 Å². The Labute approximate surface area is 199 Å². The summed E-state index contributed by atoms with van der Waals surface area (Å²) in [5.41, 5.74) is 6.62. The van der Waals surface area contributed by atoms with Crippen molar-refractivity contribution in [3.05, 3.63) is 60.2 Å². The van der Waals surface area contributed by atoms with Crippen molar-refractivity contribution in [3.8, 4) is 0 Å². The second-order valence-electron chi connectivity index (χ2n) is 7.85. The first-order chi connectivity index (χ1) is 16.6. The molecule has 12 heteroatoms. The zero-order chi connectivity index (χ0) is 25.4. The highest BCUT2D eigenvalue weighted by Gasteiger charge is 2.38. The molecule has 1 fully saturated rings. The van der Waals surface area contributed by atoms with Crippen molar-refractivity contribution in [2.45, 2.75) is 31.5 Å². The summed E-state index contributed by atoms with van der Waals surface area (Å²) in [6.07, 6.45) is -2.65. The highest BCUT2D eigenvalue weighted by molar-refractivity contribution is 6.05. The molecule has 9 nitrogen and oxygen atoms in total. The average molecular weight is 490 g/mol. The molecule has 0 aliphatic carbocycles. The zero-order valence-electron chi connectivity index (χ0n) is 18.6. The molecule has 5 N–H and O–H groups in total. The van der Waals surface area contributed by atoms with E-state index in [1.165, 1.54) is 24.3 Å². The summed E-state index contributed by atoms with van der Waals surface area (Å²) >= 11 is 0. The summed E-state index contributed by atoms with van der Waals surface area (Å²) in [5.74, 6) is -2.88. The van der Waals surface area contributed by atoms with Crippen LogP contribution < -0.4 is 21.7 Å². The van der Waals surface area contributed by atoms with Gasteiger partial charge < -0.3 is 26.6 Å². The number of para-hydroxylation sites is 1. The molecule has 1 atom stereocenters. The normalized spacial score (nSPS) is 16.4. The highest BCUT2D eigenvalue weighted by atomic mass is 19.4. The Hall–Kier alpha value is -4.09. The number of alkyl halides is 3. The number of rotatable bonds is 5. The number of nitrogens with one attached hydrogen (secondary N) is 3. The molecule has 0 aromatic heterocycles. The van der Waals surface area contributed by atoms with Gasteiger partial charge in [-0.05, 0) is 55.7 Å². The van der Waals surface area contributed by atoms with Crippen molar-refractivity contribution >= 4 is 35.2 Å². The largest absolute Gasteiger partial charge is 0.473 e. The quantitative estimate of drug-likeness (QED) is 0.376. The Bertz CT molecular complexity index is 1070. The van der Waals surface area contributed by atoms with Crippen LogP contribution in [0.4, 0.5) is 34.1 Å². The molecule has 0 saturated carbocycles. The van der Waals surface area contributed by atoms with E-state index in [2.05, 4.69) is 20.9 Å². The van der Waals surface area contributed by atoms with E-state index in [9.17, 15) is 27.6 Å². The van der Waals surface area contributed by atoms with E-state index in [1.807, 2.05) is 6.07 Å². The molecule has 1 aliphatic heterocycles.